The zero-order chi connectivity index (χ0) is 13.1. The number of thiophene rings is 1. The van der Waals surface area contributed by atoms with Crippen molar-refractivity contribution in [2.45, 2.75) is 20.3 Å². The van der Waals surface area contributed by atoms with E-state index in [4.69, 9.17) is 5.73 Å². The lowest BCUT2D eigenvalue weighted by Crippen LogP contribution is -2.13. The lowest BCUT2D eigenvalue weighted by atomic mass is 10.1. The largest absolute Gasteiger partial charge is 0.397 e. The third-order valence-electron chi connectivity index (χ3n) is 2.79. The van der Waals surface area contributed by atoms with E-state index in [0.717, 1.165) is 22.4 Å². The van der Waals surface area contributed by atoms with Gasteiger partial charge in [-0.3, -0.25) is 4.79 Å². The van der Waals surface area contributed by atoms with Gasteiger partial charge in [0, 0.05) is 0 Å². The summed E-state index contributed by atoms with van der Waals surface area (Å²) in [6.07, 6.45) is 0.857. The maximum absolute atomic E-state index is 12.2. The van der Waals surface area contributed by atoms with E-state index >= 15 is 0 Å². The van der Waals surface area contributed by atoms with Crippen LogP contribution in [0.25, 0.3) is 0 Å². The van der Waals surface area contributed by atoms with Crippen molar-refractivity contribution in [1.82, 2.24) is 0 Å². The number of carbonyl (C=O) groups is 1. The van der Waals surface area contributed by atoms with Crippen LogP contribution >= 0.6 is 11.3 Å². The van der Waals surface area contributed by atoms with E-state index in [1.807, 2.05) is 37.4 Å². The number of carbonyl (C=O) groups excluding carboxylic acids is 1. The van der Waals surface area contributed by atoms with E-state index in [0.29, 0.717) is 11.4 Å². The van der Waals surface area contributed by atoms with Crippen LogP contribution < -0.4 is 11.1 Å². The number of anilines is 2. The molecule has 1 amide bonds. The zero-order valence-electron chi connectivity index (χ0n) is 10.5. The van der Waals surface area contributed by atoms with E-state index < -0.39 is 0 Å². The molecule has 94 valence electrons. The molecule has 1 aromatic carbocycles. The summed E-state index contributed by atoms with van der Waals surface area (Å²) in [5.74, 6) is -0.0841. The van der Waals surface area contributed by atoms with Crippen molar-refractivity contribution in [3.8, 4) is 0 Å². The predicted octanol–water partition coefficient (Wildman–Crippen LogP) is 3.45. The molecule has 0 saturated heterocycles. The highest BCUT2D eigenvalue weighted by molar-refractivity contribution is 7.12. The second-order valence-electron chi connectivity index (χ2n) is 4.17. The van der Waals surface area contributed by atoms with E-state index in [2.05, 4.69) is 5.32 Å². The van der Waals surface area contributed by atoms with Crippen molar-refractivity contribution < 1.29 is 4.79 Å². The monoisotopic (exact) mass is 260 g/mol. The van der Waals surface area contributed by atoms with Gasteiger partial charge in [-0.25, -0.2) is 0 Å². The summed E-state index contributed by atoms with van der Waals surface area (Å²) in [6, 6.07) is 7.60. The number of hydrogen-bond acceptors (Lipinski definition) is 3. The smallest absolute Gasteiger partial charge is 0.266 e. The Morgan fingerprint density at radius 2 is 2.17 bits per heavy atom. The first-order chi connectivity index (χ1) is 8.61. The fraction of sp³-hybridized carbons (Fsp3) is 0.214. The number of aryl methyl sites for hydroxylation is 2. The molecule has 3 nitrogen and oxygen atoms in total. The Morgan fingerprint density at radius 1 is 1.39 bits per heavy atom. The van der Waals surface area contributed by atoms with Crippen molar-refractivity contribution in [2.24, 2.45) is 0 Å². The number of nitrogens with one attached hydrogen (secondary N) is 1. The highest BCUT2D eigenvalue weighted by atomic mass is 32.1. The van der Waals surface area contributed by atoms with Crippen LogP contribution in [0.15, 0.2) is 29.6 Å². The quantitative estimate of drug-likeness (QED) is 0.830. The fourth-order valence-corrected chi connectivity index (χ4v) is 2.66. The Labute approximate surface area is 111 Å². The summed E-state index contributed by atoms with van der Waals surface area (Å²) in [6.45, 7) is 4.01. The van der Waals surface area contributed by atoms with Crippen LogP contribution in [0.3, 0.4) is 0 Å². The van der Waals surface area contributed by atoms with Gasteiger partial charge in [0.05, 0.1) is 16.3 Å². The molecule has 2 rings (SSSR count). The molecular formula is C14H16N2OS. The SMILES string of the molecule is CCc1ccsc1C(=O)Nc1cc(C)ccc1N. The van der Waals surface area contributed by atoms with Gasteiger partial charge in [0.25, 0.3) is 5.91 Å². The minimum atomic E-state index is -0.0841. The van der Waals surface area contributed by atoms with Gasteiger partial charge >= 0.3 is 0 Å². The molecule has 0 spiro atoms. The normalized spacial score (nSPS) is 10.3. The highest BCUT2D eigenvalue weighted by Crippen LogP contribution is 2.23. The molecule has 2 aromatic rings. The number of hydrogen-bond donors (Lipinski definition) is 2. The number of nitrogens with two attached hydrogens (primary N) is 1. The molecule has 18 heavy (non-hydrogen) atoms. The van der Waals surface area contributed by atoms with Gasteiger partial charge in [0.15, 0.2) is 0 Å². The molecule has 0 aliphatic rings. The van der Waals surface area contributed by atoms with Crippen molar-refractivity contribution in [3.63, 3.8) is 0 Å². The molecule has 3 N–H and O–H groups in total. The van der Waals surface area contributed by atoms with Crippen molar-refractivity contribution in [1.29, 1.82) is 0 Å². The number of amides is 1. The van der Waals surface area contributed by atoms with E-state index in [-0.39, 0.29) is 5.91 Å². The average molecular weight is 260 g/mol. The molecule has 0 unspecified atom stereocenters. The van der Waals surface area contributed by atoms with Crippen molar-refractivity contribution >= 4 is 28.6 Å². The summed E-state index contributed by atoms with van der Waals surface area (Å²) < 4.78 is 0. The Balaban J connectivity index is 2.24. The summed E-state index contributed by atoms with van der Waals surface area (Å²) in [5.41, 5.74) is 9.26. The first-order valence-corrected chi connectivity index (χ1v) is 6.73. The summed E-state index contributed by atoms with van der Waals surface area (Å²) in [5, 5.41) is 4.81. The van der Waals surface area contributed by atoms with E-state index in [9.17, 15) is 4.79 Å². The molecule has 4 heteroatoms. The third-order valence-corrected chi connectivity index (χ3v) is 3.75. The first kappa shape index (κ1) is 12.6. The van der Waals surface area contributed by atoms with E-state index in [1.165, 1.54) is 11.3 Å². The lowest BCUT2D eigenvalue weighted by molar-refractivity contribution is 0.103. The molecule has 0 atom stereocenters. The van der Waals surface area contributed by atoms with Crippen LogP contribution in [0.4, 0.5) is 11.4 Å². The molecule has 0 fully saturated rings. The Kier molecular flexibility index (Phi) is 3.67. The summed E-state index contributed by atoms with van der Waals surface area (Å²) in [7, 11) is 0. The Bertz CT molecular complexity index is 575. The zero-order valence-corrected chi connectivity index (χ0v) is 11.3. The van der Waals surface area contributed by atoms with Gasteiger partial charge < -0.3 is 11.1 Å². The fourth-order valence-electron chi connectivity index (χ4n) is 1.77. The van der Waals surface area contributed by atoms with Crippen LogP contribution in [0.1, 0.15) is 27.7 Å². The standard InChI is InChI=1S/C14H16N2OS/c1-3-10-6-7-18-13(10)14(17)16-12-8-9(2)4-5-11(12)15/h4-8H,3,15H2,1-2H3,(H,16,17). The van der Waals surface area contributed by atoms with Crippen LogP contribution in [-0.2, 0) is 6.42 Å². The van der Waals surface area contributed by atoms with Crippen molar-refractivity contribution in [2.75, 3.05) is 11.1 Å². The van der Waals surface area contributed by atoms with Gasteiger partial charge in [-0.2, -0.15) is 0 Å². The average Bonchev–Trinajstić information content (AvgIpc) is 2.82. The molecule has 1 aromatic heterocycles. The van der Waals surface area contributed by atoms with Gasteiger partial charge in [0.2, 0.25) is 0 Å². The van der Waals surface area contributed by atoms with Gasteiger partial charge in [-0.1, -0.05) is 13.0 Å². The summed E-state index contributed by atoms with van der Waals surface area (Å²) >= 11 is 1.46. The van der Waals surface area contributed by atoms with Crippen LogP contribution in [0, 0.1) is 6.92 Å². The first-order valence-electron chi connectivity index (χ1n) is 5.85. The number of nitrogen functional groups attached to an aromatic ring is 1. The molecule has 1 heterocycles. The predicted molar refractivity (Wildman–Crippen MR) is 77.2 cm³/mol. The maximum Gasteiger partial charge on any atom is 0.266 e. The molecule has 0 aliphatic carbocycles. The van der Waals surface area contributed by atoms with Crippen LogP contribution in [0.2, 0.25) is 0 Å². The minimum absolute atomic E-state index is 0.0841. The van der Waals surface area contributed by atoms with Crippen molar-refractivity contribution in [3.05, 3.63) is 45.6 Å². The van der Waals surface area contributed by atoms with Crippen LogP contribution in [-0.4, -0.2) is 5.91 Å². The highest BCUT2D eigenvalue weighted by Gasteiger charge is 2.13. The van der Waals surface area contributed by atoms with Crippen LogP contribution in [0.5, 0.6) is 0 Å². The van der Waals surface area contributed by atoms with Gasteiger partial charge in [-0.05, 0) is 48.1 Å². The second-order valence-corrected chi connectivity index (χ2v) is 5.09. The number of benzene rings is 1. The molecule has 0 saturated carbocycles. The second kappa shape index (κ2) is 5.23. The number of rotatable bonds is 3. The lowest BCUT2D eigenvalue weighted by Gasteiger charge is -2.09. The topological polar surface area (TPSA) is 55.1 Å². The minimum Gasteiger partial charge on any atom is -0.397 e. The summed E-state index contributed by atoms with van der Waals surface area (Å²) in [4.78, 5) is 12.9. The molecule has 0 bridgehead atoms. The Hall–Kier alpha value is -1.81. The van der Waals surface area contributed by atoms with E-state index in [1.54, 1.807) is 6.07 Å². The Morgan fingerprint density at radius 3 is 2.89 bits per heavy atom. The third kappa shape index (κ3) is 2.54. The maximum atomic E-state index is 12.2. The van der Waals surface area contributed by atoms with Gasteiger partial charge in [0.1, 0.15) is 0 Å². The molecular weight excluding hydrogens is 244 g/mol. The molecule has 0 aliphatic heterocycles. The molecule has 0 radical (unpaired) electrons. The van der Waals surface area contributed by atoms with Gasteiger partial charge in [-0.15, -0.1) is 11.3 Å².